The van der Waals surface area contributed by atoms with Gasteiger partial charge in [0.05, 0.1) is 0 Å². The zero-order valence-corrected chi connectivity index (χ0v) is 6.33. The summed E-state index contributed by atoms with van der Waals surface area (Å²) in [5, 5.41) is 9.74. The average Bonchev–Trinajstić information content (AvgIpc) is 1.99. The summed E-state index contributed by atoms with van der Waals surface area (Å²) in [4.78, 5) is 15.1. The van der Waals surface area contributed by atoms with Crippen LogP contribution in [0, 0.1) is 0 Å². The number of aliphatic hydroxyl groups is 1. The first-order valence-corrected chi connectivity index (χ1v) is 3.31. The second-order valence-corrected chi connectivity index (χ2v) is 1.74. The Bertz CT molecular complexity index is 101. The summed E-state index contributed by atoms with van der Waals surface area (Å²) in [7, 11) is 0. The Labute approximate surface area is 60.3 Å². The average molecular weight is 147 g/mol. The maximum Gasteiger partial charge on any atom is 0.350 e. The minimum absolute atomic E-state index is 0.559. The van der Waals surface area contributed by atoms with Gasteiger partial charge in [0, 0.05) is 13.1 Å². The van der Waals surface area contributed by atoms with Crippen molar-refractivity contribution in [1.82, 2.24) is 5.06 Å². The summed E-state index contributed by atoms with van der Waals surface area (Å²) >= 11 is 0. The number of hydroxylamine groups is 2. The Morgan fingerprint density at radius 2 is 2.00 bits per heavy atom. The number of carbonyl (C=O) groups is 1. The standard InChI is InChI=1S/C6H13NO3/c1-3-7(4-2)10-6(9)5-8/h8H,3-5H2,1-2H3. The van der Waals surface area contributed by atoms with Gasteiger partial charge in [0.15, 0.2) is 0 Å². The Balaban J connectivity index is 3.52. The first-order chi connectivity index (χ1) is 4.74. The van der Waals surface area contributed by atoms with Gasteiger partial charge in [0.1, 0.15) is 6.61 Å². The molecule has 0 unspecified atom stereocenters. The van der Waals surface area contributed by atoms with E-state index in [1.807, 2.05) is 13.8 Å². The molecule has 0 saturated heterocycles. The molecule has 0 aromatic rings. The van der Waals surface area contributed by atoms with Crippen molar-refractivity contribution in [2.24, 2.45) is 0 Å². The second kappa shape index (κ2) is 5.20. The van der Waals surface area contributed by atoms with E-state index in [1.54, 1.807) is 0 Å². The predicted molar refractivity (Wildman–Crippen MR) is 36.1 cm³/mol. The van der Waals surface area contributed by atoms with Gasteiger partial charge in [-0.05, 0) is 13.8 Å². The second-order valence-electron chi connectivity index (χ2n) is 1.74. The maximum absolute atomic E-state index is 10.4. The van der Waals surface area contributed by atoms with Crippen LogP contribution in [0.3, 0.4) is 0 Å². The lowest BCUT2D eigenvalue weighted by molar-refractivity contribution is -0.191. The summed E-state index contributed by atoms with van der Waals surface area (Å²) in [5.74, 6) is -0.608. The van der Waals surface area contributed by atoms with Crippen LogP contribution < -0.4 is 0 Å². The third-order valence-electron chi connectivity index (χ3n) is 1.07. The summed E-state index contributed by atoms with van der Waals surface area (Å²) in [5.41, 5.74) is 0. The smallest absolute Gasteiger partial charge is 0.350 e. The molecule has 4 heteroatoms. The Morgan fingerprint density at radius 3 is 2.30 bits per heavy atom. The minimum atomic E-state index is -0.608. The zero-order valence-electron chi connectivity index (χ0n) is 6.33. The lowest BCUT2D eigenvalue weighted by Gasteiger charge is -2.15. The molecule has 0 rings (SSSR count). The lowest BCUT2D eigenvalue weighted by Crippen LogP contribution is -2.28. The van der Waals surface area contributed by atoms with Crippen molar-refractivity contribution in [2.75, 3.05) is 19.7 Å². The van der Waals surface area contributed by atoms with Gasteiger partial charge in [0.2, 0.25) is 0 Å². The highest BCUT2D eigenvalue weighted by molar-refractivity contribution is 5.69. The van der Waals surface area contributed by atoms with Gasteiger partial charge >= 0.3 is 5.97 Å². The van der Waals surface area contributed by atoms with Crippen molar-refractivity contribution >= 4 is 5.97 Å². The number of carbonyl (C=O) groups excluding carboxylic acids is 1. The molecule has 0 fully saturated rings. The molecule has 4 nitrogen and oxygen atoms in total. The highest BCUT2D eigenvalue weighted by atomic mass is 16.7. The molecule has 0 saturated carbocycles. The van der Waals surface area contributed by atoms with E-state index in [0.717, 1.165) is 0 Å². The van der Waals surface area contributed by atoms with E-state index in [1.165, 1.54) is 5.06 Å². The van der Waals surface area contributed by atoms with Gasteiger partial charge in [-0.1, -0.05) is 0 Å². The summed E-state index contributed by atoms with van der Waals surface area (Å²) in [6, 6.07) is 0. The molecule has 0 bridgehead atoms. The summed E-state index contributed by atoms with van der Waals surface area (Å²) in [6.45, 7) is 4.46. The molecule has 0 aliphatic carbocycles. The third kappa shape index (κ3) is 3.42. The van der Waals surface area contributed by atoms with Crippen LogP contribution in [0.15, 0.2) is 0 Å². The molecule has 0 aromatic carbocycles. The Hall–Kier alpha value is -0.610. The van der Waals surface area contributed by atoms with Crippen LogP contribution in [0.1, 0.15) is 13.8 Å². The molecule has 0 amide bonds. The van der Waals surface area contributed by atoms with Crippen LogP contribution in [-0.2, 0) is 9.63 Å². The van der Waals surface area contributed by atoms with Crippen molar-refractivity contribution in [3.63, 3.8) is 0 Å². The van der Waals surface area contributed by atoms with Crippen LogP contribution in [-0.4, -0.2) is 35.8 Å². The number of hydrogen-bond donors (Lipinski definition) is 1. The van der Waals surface area contributed by atoms with Crippen molar-refractivity contribution in [3.05, 3.63) is 0 Å². The molecule has 1 N–H and O–H groups in total. The molecule has 10 heavy (non-hydrogen) atoms. The molecule has 0 aliphatic heterocycles. The van der Waals surface area contributed by atoms with Gasteiger partial charge in [-0.25, -0.2) is 4.79 Å². The number of rotatable bonds is 4. The molecule has 0 aromatic heterocycles. The van der Waals surface area contributed by atoms with E-state index in [-0.39, 0.29) is 0 Å². The van der Waals surface area contributed by atoms with Crippen LogP contribution in [0.25, 0.3) is 0 Å². The van der Waals surface area contributed by atoms with Crippen molar-refractivity contribution in [1.29, 1.82) is 0 Å². The number of nitrogens with zero attached hydrogens (tertiary/aromatic N) is 1. The topological polar surface area (TPSA) is 49.8 Å². The van der Waals surface area contributed by atoms with Crippen molar-refractivity contribution in [2.45, 2.75) is 13.8 Å². The quantitative estimate of drug-likeness (QED) is 0.558. The Morgan fingerprint density at radius 1 is 1.50 bits per heavy atom. The van der Waals surface area contributed by atoms with Crippen molar-refractivity contribution < 1.29 is 14.7 Å². The fourth-order valence-electron chi connectivity index (χ4n) is 0.526. The maximum atomic E-state index is 10.4. The van der Waals surface area contributed by atoms with Gasteiger partial charge in [-0.3, -0.25) is 0 Å². The Kier molecular flexibility index (Phi) is 4.88. The van der Waals surface area contributed by atoms with Gasteiger partial charge in [-0.15, -0.1) is 5.06 Å². The molecule has 60 valence electrons. The number of hydrogen-bond acceptors (Lipinski definition) is 4. The molecule has 0 heterocycles. The monoisotopic (exact) mass is 147 g/mol. The summed E-state index contributed by atoms with van der Waals surface area (Å²) < 4.78 is 0. The van der Waals surface area contributed by atoms with E-state index >= 15 is 0 Å². The molecule has 0 atom stereocenters. The van der Waals surface area contributed by atoms with Crippen LogP contribution in [0.5, 0.6) is 0 Å². The zero-order chi connectivity index (χ0) is 7.98. The van der Waals surface area contributed by atoms with Gasteiger partial charge in [-0.2, -0.15) is 0 Å². The van der Waals surface area contributed by atoms with Gasteiger partial charge < -0.3 is 9.94 Å². The van der Waals surface area contributed by atoms with Crippen LogP contribution >= 0.6 is 0 Å². The van der Waals surface area contributed by atoms with Crippen LogP contribution in [0.2, 0.25) is 0 Å². The fraction of sp³-hybridized carbons (Fsp3) is 0.833. The summed E-state index contributed by atoms with van der Waals surface area (Å²) in [6.07, 6.45) is 0. The van der Waals surface area contributed by atoms with E-state index in [2.05, 4.69) is 4.84 Å². The van der Waals surface area contributed by atoms with E-state index < -0.39 is 12.6 Å². The highest BCUT2D eigenvalue weighted by Gasteiger charge is 2.04. The SMILES string of the molecule is CCN(CC)OC(=O)CO. The molecular formula is C6H13NO3. The molecule has 0 aliphatic rings. The van der Waals surface area contributed by atoms with E-state index in [4.69, 9.17) is 5.11 Å². The largest absolute Gasteiger partial charge is 0.385 e. The highest BCUT2D eigenvalue weighted by Crippen LogP contribution is 1.88. The number of aliphatic hydroxyl groups excluding tert-OH is 1. The molecule has 0 spiro atoms. The normalized spacial score (nSPS) is 10.0. The van der Waals surface area contributed by atoms with Gasteiger partial charge in [0.25, 0.3) is 0 Å². The first-order valence-electron chi connectivity index (χ1n) is 3.31. The molecule has 0 radical (unpaired) electrons. The van der Waals surface area contributed by atoms with E-state index in [9.17, 15) is 4.79 Å². The van der Waals surface area contributed by atoms with E-state index in [0.29, 0.717) is 13.1 Å². The first kappa shape index (κ1) is 9.39. The third-order valence-corrected chi connectivity index (χ3v) is 1.07. The lowest BCUT2D eigenvalue weighted by atomic mass is 10.6. The molecular weight excluding hydrogens is 134 g/mol. The predicted octanol–water partition coefficient (Wildman–Crippen LogP) is -0.221. The minimum Gasteiger partial charge on any atom is -0.385 e. The van der Waals surface area contributed by atoms with Crippen LogP contribution in [0.4, 0.5) is 0 Å². The van der Waals surface area contributed by atoms with Crippen molar-refractivity contribution in [3.8, 4) is 0 Å². The fourth-order valence-corrected chi connectivity index (χ4v) is 0.526.